The van der Waals surface area contributed by atoms with Gasteiger partial charge in [-0.3, -0.25) is 34.2 Å². The number of benzene rings is 4. The number of likely N-dealkylation sites (N-methyl/N-ethyl adjacent to an activating group) is 1. The molecular formula is C45H45FN4O7. The van der Waals surface area contributed by atoms with E-state index in [-0.39, 0.29) is 71.8 Å². The van der Waals surface area contributed by atoms with Gasteiger partial charge in [0.05, 0.1) is 12.1 Å². The summed E-state index contributed by atoms with van der Waals surface area (Å²) in [5.74, 6) is -0.582. The third-order valence-corrected chi connectivity index (χ3v) is 12.1. The number of nitrogens with zero attached hydrogens (tertiary/aromatic N) is 3. The van der Waals surface area contributed by atoms with Crippen LogP contribution >= 0.6 is 0 Å². The molecule has 12 heteroatoms. The maximum Gasteiger partial charge on any atom is 0.255 e. The molecule has 3 aliphatic heterocycles. The van der Waals surface area contributed by atoms with E-state index in [1.807, 2.05) is 36.4 Å². The number of aldehydes is 1. The fourth-order valence-corrected chi connectivity index (χ4v) is 9.09. The van der Waals surface area contributed by atoms with Gasteiger partial charge in [-0.25, -0.2) is 4.39 Å². The third kappa shape index (κ3) is 7.91. The molecule has 3 heterocycles. The highest BCUT2D eigenvalue weighted by Crippen LogP contribution is 2.47. The maximum atomic E-state index is 13.8. The van der Waals surface area contributed by atoms with Gasteiger partial charge in [0.2, 0.25) is 17.7 Å². The number of ether oxygens (including phenoxy) is 1. The van der Waals surface area contributed by atoms with Crippen molar-refractivity contribution in [2.45, 2.75) is 75.6 Å². The molecule has 11 nitrogen and oxygen atoms in total. The molecule has 4 aromatic carbocycles. The number of fused-ring (bicyclic) bond motifs is 2. The molecule has 0 bridgehead atoms. The number of phenolic OH excluding ortho intramolecular Hbond substituents is 1. The Morgan fingerprint density at radius 3 is 2.39 bits per heavy atom. The molecule has 4 atom stereocenters. The van der Waals surface area contributed by atoms with Crippen molar-refractivity contribution in [1.29, 1.82) is 0 Å². The minimum absolute atomic E-state index is 0.0260. The number of aromatic hydroxyl groups is 1. The van der Waals surface area contributed by atoms with Crippen molar-refractivity contribution in [1.82, 2.24) is 20.0 Å². The van der Waals surface area contributed by atoms with Gasteiger partial charge in [0.15, 0.2) is 6.29 Å². The van der Waals surface area contributed by atoms with Crippen LogP contribution in [-0.2, 0) is 33.9 Å². The number of amides is 4. The highest BCUT2D eigenvalue weighted by Gasteiger charge is 2.36. The van der Waals surface area contributed by atoms with Crippen LogP contribution in [0.1, 0.15) is 98.0 Å². The van der Waals surface area contributed by atoms with E-state index in [2.05, 4.69) is 22.3 Å². The molecule has 4 aliphatic rings. The number of rotatable bonds is 9. The monoisotopic (exact) mass is 772 g/mol. The molecule has 0 aromatic heterocycles. The van der Waals surface area contributed by atoms with Crippen molar-refractivity contribution in [3.05, 3.63) is 129 Å². The van der Waals surface area contributed by atoms with Crippen molar-refractivity contribution >= 4 is 29.9 Å². The second-order valence-electron chi connectivity index (χ2n) is 15.7. The quantitative estimate of drug-likeness (QED) is 0.169. The number of carbonyl (C=O) groups is 5. The first-order valence-electron chi connectivity index (χ1n) is 19.6. The van der Waals surface area contributed by atoms with Crippen LogP contribution in [0.25, 0.3) is 0 Å². The number of hydrogen-bond donors (Lipinski definition) is 2. The van der Waals surface area contributed by atoms with E-state index in [0.717, 1.165) is 71.4 Å². The lowest BCUT2D eigenvalue weighted by atomic mass is 9.69. The predicted octanol–water partition coefficient (Wildman–Crippen LogP) is 5.47. The second-order valence-corrected chi connectivity index (χ2v) is 15.7. The lowest BCUT2D eigenvalue weighted by Gasteiger charge is -2.35. The van der Waals surface area contributed by atoms with E-state index in [9.17, 15) is 33.5 Å². The first-order valence-corrected chi connectivity index (χ1v) is 19.6. The molecule has 57 heavy (non-hydrogen) atoms. The summed E-state index contributed by atoms with van der Waals surface area (Å²) in [5, 5.41) is 12.5. The zero-order chi connectivity index (χ0) is 39.8. The number of piperidine rings is 2. The van der Waals surface area contributed by atoms with Crippen LogP contribution in [0, 0.1) is 5.82 Å². The van der Waals surface area contributed by atoms with E-state index in [1.165, 1.54) is 24.1 Å². The summed E-state index contributed by atoms with van der Waals surface area (Å²) >= 11 is 0. The number of carbonyl (C=O) groups excluding carboxylic acids is 5. The van der Waals surface area contributed by atoms with Crippen LogP contribution < -0.4 is 10.1 Å². The Morgan fingerprint density at radius 2 is 1.65 bits per heavy atom. The van der Waals surface area contributed by atoms with E-state index in [0.29, 0.717) is 25.9 Å². The fraction of sp³-hybridized carbons (Fsp3) is 0.356. The average molecular weight is 773 g/mol. The van der Waals surface area contributed by atoms with E-state index >= 15 is 0 Å². The lowest BCUT2D eigenvalue weighted by Crippen LogP contribution is -2.53. The topological polar surface area (TPSA) is 137 Å². The molecule has 8 rings (SSSR count). The molecule has 4 aromatic rings. The van der Waals surface area contributed by atoms with Crippen LogP contribution in [0.3, 0.4) is 0 Å². The SMILES string of the molecule is CN(C(=O)c1cc2c(cc1C=O)CN(C(=O)CN1CCCC(Oc3ccc(C4c5ccc(O)cc5CCC4c4ccc(F)cc4)cc3)C1)C2)C1CCC(=O)NC1=O. The lowest BCUT2D eigenvalue weighted by molar-refractivity contribution is -0.136. The number of hydrogen-bond acceptors (Lipinski definition) is 8. The van der Waals surface area contributed by atoms with Crippen LogP contribution in [0.5, 0.6) is 11.5 Å². The van der Waals surface area contributed by atoms with Crippen LogP contribution in [-0.4, -0.2) is 88.5 Å². The fourth-order valence-electron chi connectivity index (χ4n) is 9.09. The number of phenols is 1. The number of imide groups is 1. The Hall–Kier alpha value is -5.88. The van der Waals surface area contributed by atoms with Gasteiger partial charge in [-0.15, -0.1) is 0 Å². The summed E-state index contributed by atoms with van der Waals surface area (Å²) in [6.45, 7) is 2.17. The minimum Gasteiger partial charge on any atom is -0.508 e. The zero-order valence-electron chi connectivity index (χ0n) is 31.8. The Balaban J connectivity index is 0.899. The summed E-state index contributed by atoms with van der Waals surface area (Å²) in [6, 6.07) is 23.0. The number of aryl methyl sites for hydroxylation is 1. The van der Waals surface area contributed by atoms with Crippen molar-refractivity contribution in [2.24, 2.45) is 0 Å². The third-order valence-electron chi connectivity index (χ3n) is 12.1. The van der Waals surface area contributed by atoms with Gasteiger partial charge < -0.3 is 19.6 Å². The molecular weight excluding hydrogens is 728 g/mol. The van der Waals surface area contributed by atoms with Crippen LogP contribution in [0.4, 0.5) is 4.39 Å². The summed E-state index contributed by atoms with van der Waals surface area (Å²) in [6.07, 6.45) is 4.25. The largest absolute Gasteiger partial charge is 0.508 e. The second kappa shape index (κ2) is 15.9. The molecule has 2 N–H and O–H groups in total. The first kappa shape index (κ1) is 38.0. The normalized spacial score (nSPS) is 22.0. The molecule has 4 amide bonds. The molecule has 2 fully saturated rings. The molecule has 0 saturated carbocycles. The summed E-state index contributed by atoms with van der Waals surface area (Å²) < 4.78 is 20.3. The number of halogens is 1. The first-order chi connectivity index (χ1) is 27.5. The smallest absolute Gasteiger partial charge is 0.255 e. The van der Waals surface area contributed by atoms with E-state index < -0.39 is 17.9 Å². The highest BCUT2D eigenvalue weighted by molar-refractivity contribution is 6.06. The van der Waals surface area contributed by atoms with Crippen molar-refractivity contribution in [2.75, 3.05) is 26.7 Å². The van der Waals surface area contributed by atoms with Gasteiger partial charge in [-0.2, -0.15) is 0 Å². The summed E-state index contributed by atoms with van der Waals surface area (Å²) in [5.41, 5.74) is 6.39. The standard InChI is InChI=1S/C45H45FN4O7/c1-48(40-16-17-41(53)47-44(40)55)45(56)39-21-31-23-50(22-30(31)19-32(39)26-51)42(54)25-49-18-2-3-36(24-49)57-35-12-6-28(7-13-35)43-37(27-4-9-33(46)10-5-27)14-8-29-20-34(52)11-15-38(29)43/h4-7,9-13,15,19-21,26,36-37,40,43,52H,2-3,8,14,16-18,22-25H2,1H3,(H,47,53,55). The Labute approximate surface area is 330 Å². The van der Waals surface area contributed by atoms with Crippen molar-refractivity contribution < 1.29 is 38.2 Å². The highest BCUT2D eigenvalue weighted by atomic mass is 19.1. The maximum absolute atomic E-state index is 13.8. The van der Waals surface area contributed by atoms with Gasteiger partial charge in [0.1, 0.15) is 29.5 Å². The minimum atomic E-state index is -0.823. The molecule has 0 radical (unpaired) electrons. The van der Waals surface area contributed by atoms with Gasteiger partial charge in [0, 0.05) is 44.6 Å². The zero-order valence-corrected chi connectivity index (χ0v) is 31.8. The Kier molecular flexibility index (Phi) is 10.6. The Morgan fingerprint density at radius 1 is 0.912 bits per heavy atom. The molecule has 1 aliphatic carbocycles. The molecule has 2 saturated heterocycles. The number of likely N-dealkylation sites (tertiary alicyclic amines) is 1. The molecule has 294 valence electrons. The van der Waals surface area contributed by atoms with E-state index in [4.69, 9.17) is 4.74 Å². The molecule has 4 unspecified atom stereocenters. The van der Waals surface area contributed by atoms with Gasteiger partial charge in [-0.1, -0.05) is 30.3 Å². The molecule has 0 spiro atoms. The summed E-state index contributed by atoms with van der Waals surface area (Å²) in [4.78, 5) is 68.4. The van der Waals surface area contributed by atoms with Crippen molar-refractivity contribution in [3.8, 4) is 11.5 Å². The predicted molar refractivity (Wildman–Crippen MR) is 208 cm³/mol. The van der Waals surface area contributed by atoms with Gasteiger partial charge in [0.25, 0.3) is 5.91 Å². The average Bonchev–Trinajstić information content (AvgIpc) is 3.64. The summed E-state index contributed by atoms with van der Waals surface area (Å²) in [7, 11) is 1.49. The van der Waals surface area contributed by atoms with Crippen LogP contribution in [0.15, 0.2) is 78.9 Å². The van der Waals surface area contributed by atoms with Gasteiger partial charge in [-0.05, 0) is 126 Å². The van der Waals surface area contributed by atoms with E-state index in [1.54, 1.807) is 23.1 Å². The van der Waals surface area contributed by atoms with Gasteiger partial charge >= 0.3 is 0 Å². The number of nitrogens with one attached hydrogen (secondary N) is 1. The van der Waals surface area contributed by atoms with Crippen molar-refractivity contribution in [3.63, 3.8) is 0 Å². The Bertz CT molecular complexity index is 2230. The van der Waals surface area contributed by atoms with Crippen LogP contribution in [0.2, 0.25) is 0 Å².